The Hall–Kier alpha value is -1.35. The Labute approximate surface area is 127 Å². The zero-order valence-electron chi connectivity index (χ0n) is 12.8. The Kier molecular flexibility index (Phi) is 4.91. The van der Waals surface area contributed by atoms with Crippen LogP contribution in [0.25, 0.3) is 0 Å². The molecule has 0 radical (unpaired) electrons. The molecule has 1 atom stereocenters. The first-order valence-electron chi connectivity index (χ1n) is 8.54. The molecule has 1 heterocycles. The van der Waals surface area contributed by atoms with Crippen molar-refractivity contribution in [3.8, 4) is 0 Å². The van der Waals surface area contributed by atoms with Crippen LogP contribution in [-0.4, -0.2) is 25.0 Å². The highest BCUT2D eigenvalue weighted by Crippen LogP contribution is 2.20. The third-order valence-electron chi connectivity index (χ3n) is 4.72. The molecule has 1 aliphatic heterocycles. The number of hydrogen-bond acceptors (Lipinski definition) is 1. The van der Waals surface area contributed by atoms with Crippen LogP contribution in [0, 0.1) is 0 Å². The monoisotopic (exact) mass is 287 g/mol. The van der Waals surface area contributed by atoms with E-state index in [0.717, 1.165) is 25.9 Å². The standard InChI is InChI=1S/C18H26N2O/c21-18(19-16-11-12-16)17(15-9-5-4-6-10-15)20-13-7-2-1-3-8-14-20/h4-6,9-10,16-17H,1-3,7-8,11-14H2,(H,19,21)/p+1/t17-/m1/s1. The average Bonchev–Trinajstić information content (AvgIpc) is 3.26. The maximum absolute atomic E-state index is 12.8. The lowest BCUT2D eigenvalue weighted by molar-refractivity contribution is -0.923. The van der Waals surface area contributed by atoms with Crippen LogP contribution in [0.1, 0.15) is 56.6 Å². The molecule has 3 heteroatoms. The Morgan fingerprint density at radius 1 is 1.00 bits per heavy atom. The highest BCUT2D eigenvalue weighted by molar-refractivity contribution is 5.82. The predicted octanol–water partition coefficient (Wildman–Crippen LogP) is 1.86. The molecule has 1 saturated carbocycles. The second-order valence-electron chi connectivity index (χ2n) is 6.55. The van der Waals surface area contributed by atoms with Crippen LogP contribution in [-0.2, 0) is 4.79 Å². The molecule has 2 aliphatic rings. The van der Waals surface area contributed by atoms with E-state index in [4.69, 9.17) is 0 Å². The first-order valence-corrected chi connectivity index (χ1v) is 8.54. The SMILES string of the molecule is O=C(NC1CC1)[C@@H](c1ccccc1)[NH+]1CCCCCCC1. The summed E-state index contributed by atoms with van der Waals surface area (Å²) in [5.74, 6) is 0.235. The lowest BCUT2D eigenvalue weighted by atomic mass is 10.0. The predicted molar refractivity (Wildman–Crippen MR) is 84.1 cm³/mol. The van der Waals surface area contributed by atoms with Crippen LogP contribution in [0.3, 0.4) is 0 Å². The first-order chi connectivity index (χ1) is 10.3. The Morgan fingerprint density at radius 2 is 1.62 bits per heavy atom. The van der Waals surface area contributed by atoms with Gasteiger partial charge in [0.25, 0.3) is 5.91 Å². The van der Waals surface area contributed by atoms with Crippen molar-refractivity contribution in [3.05, 3.63) is 35.9 Å². The smallest absolute Gasteiger partial charge is 0.283 e. The van der Waals surface area contributed by atoms with Gasteiger partial charge in [-0.25, -0.2) is 0 Å². The molecule has 2 N–H and O–H groups in total. The van der Waals surface area contributed by atoms with Crippen LogP contribution >= 0.6 is 0 Å². The van der Waals surface area contributed by atoms with E-state index in [9.17, 15) is 4.79 Å². The van der Waals surface area contributed by atoms with Gasteiger partial charge in [-0.1, -0.05) is 36.8 Å². The molecule has 1 aromatic carbocycles. The number of carbonyl (C=O) groups excluding carboxylic acids is 1. The topological polar surface area (TPSA) is 33.5 Å². The van der Waals surface area contributed by atoms with Gasteiger partial charge in [0, 0.05) is 11.6 Å². The number of likely N-dealkylation sites (tertiary alicyclic amines) is 1. The molecule has 2 fully saturated rings. The number of amides is 1. The number of benzene rings is 1. The van der Waals surface area contributed by atoms with Gasteiger partial charge in [0.05, 0.1) is 13.1 Å². The van der Waals surface area contributed by atoms with Crippen LogP contribution in [0.2, 0.25) is 0 Å². The van der Waals surface area contributed by atoms with Gasteiger partial charge in [-0.3, -0.25) is 4.79 Å². The molecular weight excluding hydrogens is 260 g/mol. The summed E-state index contributed by atoms with van der Waals surface area (Å²) < 4.78 is 0. The number of quaternary nitrogens is 1. The minimum absolute atomic E-state index is 0.0232. The highest BCUT2D eigenvalue weighted by atomic mass is 16.2. The zero-order chi connectivity index (χ0) is 14.5. The normalized spacial score (nSPS) is 22.1. The fourth-order valence-corrected chi connectivity index (χ4v) is 3.38. The minimum Gasteiger partial charge on any atom is -0.348 e. The van der Waals surface area contributed by atoms with E-state index < -0.39 is 0 Å². The van der Waals surface area contributed by atoms with Crippen molar-refractivity contribution < 1.29 is 9.69 Å². The van der Waals surface area contributed by atoms with Gasteiger partial charge >= 0.3 is 0 Å². The van der Waals surface area contributed by atoms with Crippen molar-refractivity contribution in [1.82, 2.24) is 5.32 Å². The van der Waals surface area contributed by atoms with E-state index in [0.29, 0.717) is 6.04 Å². The van der Waals surface area contributed by atoms with Crippen molar-refractivity contribution in [1.29, 1.82) is 0 Å². The molecule has 1 aliphatic carbocycles. The van der Waals surface area contributed by atoms with Crippen molar-refractivity contribution in [2.45, 2.75) is 57.0 Å². The Morgan fingerprint density at radius 3 is 2.24 bits per heavy atom. The molecule has 0 spiro atoms. The van der Waals surface area contributed by atoms with Crippen molar-refractivity contribution in [3.63, 3.8) is 0 Å². The van der Waals surface area contributed by atoms with E-state index in [-0.39, 0.29) is 11.9 Å². The number of hydrogen-bond donors (Lipinski definition) is 2. The number of carbonyl (C=O) groups is 1. The van der Waals surface area contributed by atoms with Crippen molar-refractivity contribution >= 4 is 5.91 Å². The quantitative estimate of drug-likeness (QED) is 0.871. The zero-order valence-corrected chi connectivity index (χ0v) is 12.8. The summed E-state index contributed by atoms with van der Waals surface area (Å²) in [7, 11) is 0. The molecule has 1 amide bonds. The molecule has 21 heavy (non-hydrogen) atoms. The molecule has 114 valence electrons. The van der Waals surface area contributed by atoms with E-state index >= 15 is 0 Å². The lowest BCUT2D eigenvalue weighted by Crippen LogP contribution is -3.13. The van der Waals surface area contributed by atoms with Crippen molar-refractivity contribution in [2.75, 3.05) is 13.1 Å². The first kappa shape index (κ1) is 14.6. The van der Waals surface area contributed by atoms with E-state index in [1.165, 1.54) is 42.6 Å². The van der Waals surface area contributed by atoms with E-state index in [2.05, 4.69) is 29.6 Å². The Bertz CT molecular complexity index is 448. The fraction of sp³-hybridized carbons (Fsp3) is 0.611. The van der Waals surface area contributed by atoms with Crippen molar-refractivity contribution in [2.24, 2.45) is 0 Å². The maximum Gasteiger partial charge on any atom is 0.283 e. The third kappa shape index (κ3) is 4.07. The second-order valence-corrected chi connectivity index (χ2v) is 6.55. The van der Waals surface area contributed by atoms with Gasteiger partial charge in [-0.15, -0.1) is 0 Å². The molecule has 1 aromatic rings. The molecule has 1 saturated heterocycles. The molecular formula is C18H27N2O+. The number of rotatable bonds is 4. The molecule has 0 aromatic heterocycles. The van der Waals surface area contributed by atoms with Gasteiger partial charge in [-0.2, -0.15) is 0 Å². The van der Waals surface area contributed by atoms with E-state index in [1.807, 2.05) is 6.07 Å². The van der Waals surface area contributed by atoms with Gasteiger partial charge < -0.3 is 10.2 Å². The van der Waals surface area contributed by atoms with Gasteiger partial charge in [0.15, 0.2) is 6.04 Å². The fourth-order valence-electron chi connectivity index (χ4n) is 3.38. The third-order valence-corrected chi connectivity index (χ3v) is 4.72. The van der Waals surface area contributed by atoms with Gasteiger partial charge in [0.1, 0.15) is 0 Å². The van der Waals surface area contributed by atoms with Crippen LogP contribution in [0.15, 0.2) is 30.3 Å². The molecule has 3 nitrogen and oxygen atoms in total. The van der Waals surface area contributed by atoms with Gasteiger partial charge in [0.2, 0.25) is 0 Å². The highest BCUT2D eigenvalue weighted by Gasteiger charge is 2.34. The molecule has 0 unspecified atom stereocenters. The van der Waals surface area contributed by atoms with Crippen LogP contribution < -0.4 is 10.2 Å². The van der Waals surface area contributed by atoms with Gasteiger partial charge in [-0.05, 0) is 38.5 Å². The second kappa shape index (κ2) is 7.08. The number of nitrogens with one attached hydrogen (secondary N) is 2. The lowest BCUT2D eigenvalue weighted by Gasteiger charge is -2.29. The van der Waals surface area contributed by atoms with E-state index in [1.54, 1.807) is 0 Å². The summed E-state index contributed by atoms with van der Waals surface area (Å²) in [5.41, 5.74) is 1.17. The Balaban J connectivity index is 1.77. The minimum atomic E-state index is -0.0232. The molecule has 0 bridgehead atoms. The summed E-state index contributed by atoms with van der Waals surface area (Å²) in [5, 5.41) is 3.23. The summed E-state index contributed by atoms with van der Waals surface area (Å²) in [6, 6.07) is 10.8. The molecule has 3 rings (SSSR count). The summed E-state index contributed by atoms with van der Waals surface area (Å²) in [6.07, 6.45) is 8.79. The maximum atomic E-state index is 12.8. The van der Waals surface area contributed by atoms with Crippen LogP contribution in [0.4, 0.5) is 0 Å². The summed E-state index contributed by atoms with van der Waals surface area (Å²) in [6.45, 7) is 2.25. The van der Waals surface area contributed by atoms with Crippen LogP contribution in [0.5, 0.6) is 0 Å². The largest absolute Gasteiger partial charge is 0.348 e. The summed E-state index contributed by atoms with van der Waals surface area (Å²) in [4.78, 5) is 14.2. The average molecular weight is 287 g/mol. The summed E-state index contributed by atoms with van der Waals surface area (Å²) >= 11 is 0.